The topological polar surface area (TPSA) is 75.9 Å². The number of aryl methyl sites for hydroxylation is 1. The highest BCUT2D eigenvalue weighted by atomic mass is 35.5. The van der Waals surface area contributed by atoms with E-state index in [9.17, 15) is 0 Å². The summed E-state index contributed by atoms with van der Waals surface area (Å²) in [5.41, 5.74) is 7.71. The Morgan fingerprint density at radius 3 is 3.10 bits per heavy atom. The standard InChI is InChI=1S/C12H17N4OS.2ClH/c1-8-11(3-4-17)18-7-16(8)6-10-5-14-9(2)15-12(10)13;;/h5,7,17H,3-4,6H2,1-2H3,(H2,13,14,15);2*1H/q+1;;/p-1/i1D,7D,17D;;. The van der Waals surface area contributed by atoms with E-state index in [1.54, 1.807) is 17.7 Å². The molecule has 0 bridgehead atoms. The maximum absolute atomic E-state index is 8.06. The molecule has 2 heterocycles. The third-order valence-corrected chi connectivity index (χ3v) is 3.60. The van der Waals surface area contributed by atoms with Crippen LogP contribution in [0.25, 0.3) is 0 Å². The first kappa shape index (κ1) is 14.0. The number of aliphatic hydroxyl groups excluding tert-OH is 1. The highest BCUT2D eigenvalue weighted by Crippen LogP contribution is 2.13. The maximum atomic E-state index is 8.06. The number of nitrogens with zero attached hydrogens (tertiary/aromatic N) is 3. The third-order valence-electron chi connectivity index (χ3n) is 2.60. The van der Waals surface area contributed by atoms with E-state index in [1.807, 2.05) is 0 Å². The number of aliphatic hydroxyl groups is 1. The second-order valence-corrected chi connectivity index (χ2v) is 4.81. The Kier molecular flexibility index (Phi) is 5.86. The van der Waals surface area contributed by atoms with Crippen LogP contribution in [0, 0.1) is 13.8 Å². The van der Waals surface area contributed by atoms with E-state index < -0.39 is 0 Å². The lowest BCUT2D eigenvalue weighted by atomic mass is 10.2. The average molecular weight is 340 g/mol. The molecule has 0 atom stereocenters. The molecule has 0 amide bonds. The Morgan fingerprint density at radius 1 is 1.65 bits per heavy atom. The molecule has 20 heavy (non-hydrogen) atoms. The van der Waals surface area contributed by atoms with Gasteiger partial charge in [0.2, 0.25) is 6.92 Å². The van der Waals surface area contributed by atoms with Crippen LogP contribution in [0.1, 0.15) is 24.7 Å². The van der Waals surface area contributed by atoms with Crippen LogP contribution in [-0.4, -0.2) is 23.1 Å². The Balaban J connectivity index is 0.00000242. The molecular formula is C12H18Cl2N4OS. The van der Waals surface area contributed by atoms with E-state index in [4.69, 9.17) is 9.91 Å². The van der Waals surface area contributed by atoms with Crippen molar-refractivity contribution >= 4 is 29.6 Å². The van der Waals surface area contributed by atoms with Gasteiger partial charge in [0.05, 0.1) is 10.4 Å². The van der Waals surface area contributed by atoms with Gasteiger partial charge in [0, 0.05) is 27.5 Å². The van der Waals surface area contributed by atoms with Gasteiger partial charge in [-0.05, 0) is 6.92 Å². The molecule has 0 spiro atoms. The van der Waals surface area contributed by atoms with Crippen molar-refractivity contribution in [1.29, 1.82) is 1.43 Å². The van der Waals surface area contributed by atoms with Gasteiger partial charge in [-0.25, -0.2) is 9.97 Å². The summed E-state index contributed by atoms with van der Waals surface area (Å²) in [6.07, 6.45) is 2.18. The molecule has 0 saturated heterocycles. The number of nitrogen functional groups attached to an aromatic ring is 1. The highest BCUT2D eigenvalue weighted by molar-refractivity contribution is 7.09. The minimum Gasteiger partial charge on any atom is -1.00 e. The molecule has 2 aromatic rings. The van der Waals surface area contributed by atoms with Crippen molar-refractivity contribution in [3.8, 4) is 0 Å². The summed E-state index contributed by atoms with van der Waals surface area (Å²) in [5, 5.41) is 4.33. The molecule has 0 saturated carbocycles. The summed E-state index contributed by atoms with van der Waals surface area (Å²) < 4.78 is 24.2. The molecule has 0 unspecified atom stereocenters. The van der Waals surface area contributed by atoms with Crippen molar-refractivity contribution in [1.82, 2.24) is 9.97 Å². The Morgan fingerprint density at radius 2 is 2.45 bits per heavy atom. The minimum absolute atomic E-state index is 0. The summed E-state index contributed by atoms with van der Waals surface area (Å²) >= 11 is 1.30. The number of thiazole rings is 1. The van der Waals surface area contributed by atoms with E-state index in [-0.39, 0.29) is 38.3 Å². The van der Waals surface area contributed by atoms with Crippen LogP contribution < -0.4 is 22.7 Å². The molecule has 112 valence electrons. The fraction of sp³-hybridized carbons (Fsp3) is 0.417. The van der Waals surface area contributed by atoms with Crippen molar-refractivity contribution in [2.75, 3.05) is 12.3 Å². The summed E-state index contributed by atoms with van der Waals surface area (Å²) in [6.45, 7) is 2.46. The van der Waals surface area contributed by atoms with Crippen LogP contribution in [-0.2, 0) is 13.0 Å². The first-order valence-electron chi connectivity index (χ1n) is 7.14. The fourth-order valence-corrected chi connectivity index (χ4v) is 2.40. The van der Waals surface area contributed by atoms with Gasteiger partial charge < -0.3 is 23.2 Å². The molecular weight excluding hydrogens is 319 g/mol. The predicted molar refractivity (Wildman–Crippen MR) is 77.6 cm³/mol. The average Bonchev–Trinajstić information content (AvgIpc) is 2.75. The summed E-state index contributed by atoms with van der Waals surface area (Å²) in [6, 6.07) is 0. The second-order valence-electron chi connectivity index (χ2n) is 3.93. The Hall–Kier alpha value is -0.950. The smallest absolute Gasteiger partial charge is 0.225 e. The van der Waals surface area contributed by atoms with E-state index in [2.05, 4.69) is 15.1 Å². The van der Waals surface area contributed by atoms with Crippen LogP contribution in [0.2, 0.25) is 0 Å². The maximum Gasteiger partial charge on any atom is 0.225 e. The van der Waals surface area contributed by atoms with Crippen molar-refractivity contribution < 1.29 is 24.8 Å². The molecule has 8 heteroatoms. The SMILES string of the molecule is Cl.[2H]Cc1c(CCO[2H])sc([2H])[n+]1Cc1cnc(C)nc1N.[Cl-]. The van der Waals surface area contributed by atoms with Crippen LogP contribution in [0.15, 0.2) is 11.7 Å². The van der Waals surface area contributed by atoms with Gasteiger partial charge >= 0.3 is 0 Å². The lowest BCUT2D eigenvalue weighted by Crippen LogP contribution is -3.00. The van der Waals surface area contributed by atoms with Crippen LogP contribution in [0.3, 0.4) is 0 Å². The molecule has 0 fully saturated rings. The van der Waals surface area contributed by atoms with Crippen molar-refractivity contribution in [2.45, 2.75) is 26.8 Å². The Bertz CT molecular complexity index is 645. The lowest BCUT2D eigenvalue weighted by Gasteiger charge is -2.01. The predicted octanol–water partition coefficient (Wildman–Crippen LogP) is -1.97. The van der Waals surface area contributed by atoms with Gasteiger partial charge in [-0.15, -0.1) is 12.4 Å². The zero-order valence-electron chi connectivity index (χ0n) is 13.9. The minimum atomic E-state index is 0. The summed E-state index contributed by atoms with van der Waals surface area (Å²) in [5.74, 6) is 0.999. The number of hydrogen-bond acceptors (Lipinski definition) is 5. The van der Waals surface area contributed by atoms with Gasteiger partial charge in [0.15, 0.2) is 13.6 Å². The van der Waals surface area contributed by atoms with Crippen molar-refractivity contribution in [3.63, 3.8) is 0 Å². The molecule has 0 radical (unpaired) electrons. The molecule has 0 aliphatic carbocycles. The molecule has 0 aliphatic heterocycles. The van der Waals surface area contributed by atoms with Crippen molar-refractivity contribution in [2.24, 2.45) is 0 Å². The lowest BCUT2D eigenvalue weighted by molar-refractivity contribution is -0.689. The first-order chi connectivity index (χ1) is 10.1. The molecule has 2 rings (SSSR count). The number of nitrogens with two attached hydrogens (primary N) is 1. The van der Waals surface area contributed by atoms with Gasteiger partial charge in [-0.1, -0.05) is 11.3 Å². The number of anilines is 1. The monoisotopic (exact) mass is 339 g/mol. The zero-order chi connectivity index (χ0) is 15.4. The van der Waals surface area contributed by atoms with Gasteiger partial charge in [-0.2, -0.15) is 4.57 Å². The molecule has 5 nitrogen and oxygen atoms in total. The van der Waals surface area contributed by atoms with Crippen LogP contribution >= 0.6 is 23.7 Å². The van der Waals surface area contributed by atoms with E-state index in [0.29, 0.717) is 30.1 Å². The van der Waals surface area contributed by atoms with Crippen LogP contribution in [0.5, 0.6) is 0 Å². The zero-order valence-corrected chi connectivity index (χ0v) is 13.3. The first-order valence-corrected chi connectivity index (χ1v) is 6.34. The van der Waals surface area contributed by atoms with Gasteiger partial charge in [0.25, 0.3) is 0 Å². The van der Waals surface area contributed by atoms with E-state index in [0.717, 1.165) is 16.1 Å². The highest BCUT2D eigenvalue weighted by Gasteiger charge is 2.16. The van der Waals surface area contributed by atoms with Gasteiger partial charge in [0.1, 0.15) is 11.6 Å². The second kappa shape index (κ2) is 8.36. The Labute approximate surface area is 139 Å². The normalized spacial score (nSPS) is 11.8. The van der Waals surface area contributed by atoms with Gasteiger partial charge in [-0.3, -0.25) is 0 Å². The molecule has 0 aromatic carbocycles. The quantitative estimate of drug-likeness (QED) is 0.620. The third kappa shape index (κ3) is 4.28. The molecule has 3 N–H and O–H groups in total. The van der Waals surface area contributed by atoms with Crippen molar-refractivity contribution in [3.05, 3.63) is 33.6 Å². The summed E-state index contributed by atoms with van der Waals surface area (Å²) in [4.78, 5) is 9.14. The number of rotatable bonds is 5. The summed E-state index contributed by atoms with van der Waals surface area (Å²) in [7, 11) is 0. The molecule has 2 aromatic heterocycles. The van der Waals surface area contributed by atoms with E-state index >= 15 is 0 Å². The number of hydrogen-bond donors (Lipinski definition) is 2. The fourth-order valence-electron chi connectivity index (χ4n) is 1.60. The number of aromatic nitrogens is 3. The molecule has 0 aliphatic rings. The van der Waals surface area contributed by atoms with E-state index in [1.165, 1.54) is 11.3 Å². The van der Waals surface area contributed by atoms with Crippen LogP contribution in [0.4, 0.5) is 5.82 Å². The number of halogens is 2. The largest absolute Gasteiger partial charge is 1.00 e.